The van der Waals surface area contributed by atoms with Crippen LogP contribution in [0.15, 0.2) is 12.1 Å². The molecule has 1 fully saturated rings. The number of rotatable bonds is 1. The van der Waals surface area contributed by atoms with Crippen LogP contribution >= 0.6 is 11.6 Å². The van der Waals surface area contributed by atoms with Crippen molar-refractivity contribution in [2.45, 2.75) is 38.9 Å². The first-order chi connectivity index (χ1) is 7.73. The number of pyridine rings is 1. The number of nitrogens with zero attached hydrogens (tertiary/aromatic N) is 1. The molecule has 0 radical (unpaired) electrons. The summed E-state index contributed by atoms with van der Waals surface area (Å²) >= 11 is 5.89. The Bertz CT molecular complexity index is 435. The third-order valence-electron chi connectivity index (χ3n) is 3.39. The molecule has 1 saturated heterocycles. The first-order valence-electron chi connectivity index (χ1n) is 5.50. The summed E-state index contributed by atoms with van der Waals surface area (Å²) in [6.45, 7) is 7.97. The fourth-order valence-electron chi connectivity index (χ4n) is 1.55. The molecule has 92 valence electrons. The Morgan fingerprint density at radius 3 is 2.18 bits per heavy atom. The molecule has 0 saturated carbocycles. The zero-order chi connectivity index (χ0) is 12.8. The predicted molar refractivity (Wildman–Crippen MR) is 69.4 cm³/mol. The van der Waals surface area contributed by atoms with Crippen molar-refractivity contribution in [2.24, 2.45) is 0 Å². The van der Waals surface area contributed by atoms with Gasteiger partial charge in [0.05, 0.1) is 22.5 Å². The average Bonchev–Trinajstić information content (AvgIpc) is 2.41. The van der Waals surface area contributed by atoms with E-state index in [4.69, 9.17) is 26.6 Å². The van der Waals surface area contributed by atoms with E-state index < -0.39 is 7.12 Å². The minimum absolute atomic E-state index is 0.275. The molecule has 0 atom stereocenters. The number of halogens is 1. The van der Waals surface area contributed by atoms with Crippen LogP contribution in [-0.4, -0.2) is 23.3 Å². The van der Waals surface area contributed by atoms with Crippen LogP contribution in [0.25, 0.3) is 0 Å². The molecule has 0 aliphatic carbocycles. The largest absolute Gasteiger partial charge is 0.514 e. The van der Waals surface area contributed by atoms with E-state index in [0.29, 0.717) is 11.3 Å². The van der Waals surface area contributed by atoms with E-state index in [0.717, 1.165) is 0 Å². The maximum absolute atomic E-state index is 5.89. The van der Waals surface area contributed by atoms with Crippen LogP contribution in [0.4, 0.5) is 5.69 Å². The first kappa shape index (κ1) is 12.7. The number of hydrogen-bond acceptors (Lipinski definition) is 4. The molecule has 1 aliphatic rings. The highest BCUT2D eigenvalue weighted by Crippen LogP contribution is 2.36. The van der Waals surface area contributed by atoms with Crippen LogP contribution in [-0.2, 0) is 9.31 Å². The summed E-state index contributed by atoms with van der Waals surface area (Å²) in [5, 5.41) is 0.275. The quantitative estimate of drug-likeness (QED) is 0.611. The molecule has 0 bridgehead atoms. The van der Waals surface area contributed by atoms with Crippen LogP contribution in [0.2, 0.25) is 5.15 Å². The van der Waals surface area contributed by atoms with Crippen molar-refractivity contribution in [1.82, 2.24) is 4.98 Å². The Balaban J connectivity index is 2.29. The molecule has 17 heavy (non-hydrogen) atoms. The van der Waals surface area contributed by atoms with Gasteiger partial charge in [0.2, 0.25) is 0 Å². The highest BCUT2D eigenvalue weighted by atomic mass is 35.5. The summed E-state index contributed by atoms with van der Waals surface area (Å²) in [5.74, 6) is 0. The third kappa shape index (κ3) is 2.15. The Morgan fingerprint density at radius 1 is 1.18 bits per heavy atom. The standard InChI is InChI=1S/C11H16BClN2O2/c1-10(2)11(3,4)17-12(16-10)8-6-5-7(14)9(13)15-8/h5-6H,14H2,1-4H3. The summed E-state index contributed by atoms with van der Waals surface area (Å²) < 4.78 is 11.7. The second kappa shape index (κ2) is 3.87. The van der Waals surface area contributed by atoms with Crippen molar-refractivity contribution in [1.29, 1.82) is 0 Å². The molecule has 0 amide bonds. The summed E-state index contributed by atoms with van der Waals surface area (Å²) in [6, 6.07) is 3.47. The summed E-state index contributed by atoms with van der Waals surface area (Å²) in [7, 11) is -0.502. The van der Waals surface area contributed by atoms with E-state index in [1.165, 1.54) is 0 Å². The van der Waals surface area contributed by atoms with Gasteiger partial charge in [-0.2, -0.15) is 0 Å². The number of nitrogens with two attached hydrogens (primary N) is 1. The molecular weight excluding hydrogens is 238 g/mol. The second-order valence-electron chi connectivity index (χ2n) is 5.20. The summed E-state index contributed by atoms with van der Waals surface area (Å²) in [4.78, 5) is 4.18. The van der Waals surface area contributed by atoms with E-state index in [-0.39, 0.29) is 16.4 Å². The van der Waals surface area contributed by atoms with E-state index in [1.807, 2.05) is 27.7 Å². The van der Waals surface area contributed by atoms with Crippen LogP contribution in [0, 0.1) is 0 Å². The Labute approximate surface area is 107 Å². The average molecular weight is 255 g/mol. The van der Waals surface area contributed by atoms with Gasteiger partial charge in [0.15, 0.2) is 5.15 Å². The van der Waals surface area contributed by atoms with Gasteiger partial charge < -0.3 is 15.0 Å². The highest BCUT2D eigenvalue weighted by molar-refractivity contribution is 6.61. The van der Waals surface area contributed by atoms with Crippen molar-refractivity contribution in [3.05, 3.63) is 17.3 Å². The number of aromatic nitrogens is 1. The highest BCUT2D eigenvalue weighted by Gasteiger charge is 2.52. The lowest BCUT2D eigenvalue weighted by molar-refractivity contribution is 0.00578. The van der Waals surface area contributed by atoms with Gasteiger partial charge in [-0.25, -0.2) is 4.98 Å². The molecule has 4 nitrogen and oxygen atoms in total. The maximum atomic E-state index is 5.89. The zero-order valence-electron chi connectivity index (χ0n) is 10.5. The third-order valence-corrected chi connectivity index (χ3v) is 3.70. The lowest BCUT2D eigenvalue weighted by Crippen LogP contribution is -2.41. The van der Waals surface area contributed by atoms with Gasteiger partial charge in [-0.1, -0.05) is 11.6 Å². The maximum Gasteiger partial charge on any atom is 0.514 e. The zero-order valence-corrected chi connectivity index (χ0v) is 11.2. The Morgan fingerprint density at radius 2 is 1.71 bits per heavy atom. The van der Waals surface area contributed by atoms with E-state index in [1.54, 1.807) is 12.1 Å². The Hall–Kier alpha value is -0.775. The van der Waals surface area contributed by atoms with Crippen LogP contribution in [0.5, 0.6) is 0 Å². The van der Waals surface area contributed by atoms with Crippen molar-refractivity contribution in [3.63, 3.8) is 0 Å². The predicted octanol–water partition coefficient (Wildman–Crippen LogP) is 1.62. The smallest absolute Gasteiger partial charge is 0.398 e. The van der Waals surface area contributed by atoms with Gasteiger partial charge in [0, 0.05) is 0 Å². The van der Waals surface area contributed by atoms with Gasteiger partial charge in [0.25, 0.3) is 0 Å². The molecular formula is C11H16BClN2O2. The molecule has 0 spiro atoms. The van der Waals surface area contributed by atoms with E-state index in [9.17, 15) is 0 Å². The number of nitrogen functional groups attached to an aromatic ring is 1. The molecule has 2 rings (SSSR count). The molecule has 1 aromatic heterocycles. The van der Waals surface area contributed by atoms with Gasteiger partial charge in [0.1, 0.15) is 0 Å². The van der Waals surface area contributed by atoms with Crippen molar-refractivity contribution < 1.29 is 9.31 Å². The summed E-state index contributed by atoms with van der Waals surface area (Å²) in [6.07, 6.45) is 0. The molecule has 1 aromatic rings. The topological polar surface area (TPSA) is 57.4 Å². The number of anilines is 1. The van der Waals surface area contributed by atoms with Gasteiger partial charge in [-0.15, -0.1) is 0 Å². The molecule has 2 heterocycles. The number of hydrogen-bond donors (Lipinski definition) is 1. The van der Waals surface area contributed by atoms with E-state index in [2.05, 4.69) is 4.98 Å². The van der Waals surface area contributed by atoms with E-state index >= 15 is 0 Å². The molecule has 2 N–H and O–H groups in total. The second-order valence-corrected chi connectivity index (χ2v) is 5.56. The lowest BCUT2D eigenvalue weighted by atomic mass is 9.84. The van der Waals surface area contributed by atoms with Crippen molar-refractivity contribution in [3.8, 4) is 0 Å². The van der Waals surface area contributed by atoms with Crippen LogP contribution < -0.4 is 11.3 Å². The Kier molecular flexibility index (Phi) is 2.88. The fourth-order valence-corrected chi connectivity index (χ4v) is 1.71. The first-order valence-corrected chi connectivity index (χ1v) is 5.88. The van der Waals surface area contributed by atoms with Gasteiger partial charge in [-0.05, 0) is 39.8 Å². The van der Waals surface area contributed by atoms with Crippen LogP contribution in [0.1, 0.15) is 27.7 Å². The SMILES string of the molecule is CC1(C)OB(c2ccc(N)c(Cl)n2)OC1(C)C. The molecule has 0 aromatic carbocycles. The fraction of sp³-hybridized carbons (Fsp3) is 0.545. The molecule has 1 aliphatic heterocycles. The van der Waals surface area contributed by atoms with Gasteiger partial charge in [-0.3, -0.25) is 0 Å². The summed E-state index contributed by atoms with van der Waals surface area (Å²) in [5.41, 5.74) is 5.95. The minimum atomic E-state index is -0.502. The molecule has 6 heteroatoms. The van der Waals surface area contributed by atoms with Crippen LogP contribution in [0.3, 0.4) is 0 Å². The monoisotopic (exact) mass is 254 g/mol. The molecule has 0 unspecified atom stereocenters. The minimum Gasteiger partial charge on any atom is -0.398 e. The van der Waals surface area contributed by atoms with Crippen molar-refractivity contribution >= 4 is 30.0 Å². The lowest BCUT2D eigenvalue weighted by Gasteiger charge is -2.32. The van der Waals surface area contributed by atoms with Crippen molar-refractivity contribution in [2.75, 3.05) is 5.73 Å². The van der Waals surface area contributed by atoms with Gasteiger partial charge >= 0.3 is 7.12 Å². The normalized spacial score (nSPS) is 21.8.